The van der Waals surface area contributed by atoms with Crippen molar-refractivity contribution in [3.05, 3.63) is 70.0 Å². The Labute approximate surface area is 254 Å². The zero-order valence-electron chi connectivity index (χ0n) is 25.0. The Morgan fingerprint density at radius 1 is 1.12 bits per heavy atom. The van der Waals surface area contributed by atoms with E-state index in [2.05, 4.69) is 45.1 Å². The average molecular weight is 614 g/mol. The summed E-state index contributed by atoms with van der Waals surface area (Å²) in [6.45, 7) is 7.76. The Morgan fingerprint density at radius 3 is 2.40 bits per heavy atom. The fraction of sp³-hybridized carbons (Fsp3) is 0.467. The molecule has 0 bridgehead atoms. The maximum Gasteiger partial charge on any atom is 0.274 e. The lowest BCUT2D eigenvalue weighted by Crippen LogP contribution is -2.52. The van der Waals surface area contributed by atoms with Crippen LogP contribution < -0.4 is 16.0 Å². The van der Waals surface area contributed by atoms with Crippen LogP contribution in [0.2, 0.25) is 0 Å². The van der Waals surface area contributed by atoms with Gasteiger partial charge in [-0.25, -0.2) is 4.98 Å². The third-order valence-electron chi connectivity index (χ3n) is 6.42. The third-order valence-corrected chi connectivity index (χ3v) is 7.05. The lowest BCUT2D eigenvalue weighted by atomic mass is 9.93. The van der Waals surface area contributed by atoms with E-state index >= 15 is 0 Å². The summed E-state index contributed by atoms with van der Waals surface area (Å²) in [4.78, 5) is 55.1. The first-order chi connectivity index (χ1) is 20.5. The van der Waals surface area contributed by atoms with E-state index < -0.39 is 35.4 Å². The molecule has 0 radical (unpaired) electrons. The molecule has 232 valence electrons. The molecule has 0 aliphatic carbocycles. The first kappa shape index (κ1) is 33.6. The number of ketones is 1. The molecule has 43 heavy (non-hydrogen) atoms. The number of carbonyl (C=O) groups is 4. The summed E-state index contributed by atoms with van der Waals surface area (Å²) in [5.74, 6) is -1.40. The monoisotopic (exact) mass is 613 g/mol. The van der Waals surface area contributed by atoms with Crippen molar-refractivity contribution < 1.29 is 33.2 Å². The van der Waals surface area contributed by atoms with E-state index in [0.717, 1.165) is 0 Å². The molecule has 3 heterocycles. The number of hydrogen-bond donors (Lipinski definition) is 3. The summed E-state index contributed by atoms with van der Waals surface area (Å²) in [6, 6.07) is 9.93. The van der Waals surface area contributed by atoms with Crippen molar-refractivity contribution in [3.63, 3.8) is 0 Å². The van der Waals surface area contributed by atoms with Gasteiger partial charge < -0.3 is 29.9 Å². The normalized spacial score (nSPS) is 16.8. The number of Topliss-reactive ketones (excluding diaryl/α,β-unsaturated/α-hetero) is 1. The second-order valence-corrected chi connectivity index (χ2v) is 11.5. The Morgan fingerprint density at radius 2 is 1.84 bits per heavy atom. The van der Waals surface area contributed by atoms with Crippen LogP contribution in [0.4, 0.5) is 0 Å². The van der Waals surface area contributed by atoms with Gasteiger partial charge in [0, 0.05) is 25.0 Å². The van der Waals surface area contributed by atoms with Crippen molar-refractivity contribution in [2.24, 2.45) is 5.92 Å². The van der Waals surface area contributed by atoms with Gasteiger partial charge in [0.05, 0.1) is 30.4 Å². The molecular formula is C30H39N5O7S. The highest BCUT2D eigenvalue weighted by atomic mass is 32.1. The molecule has 1 aliphatic heterocycles. The average Bonchev–Trinajstić information content (AvgIpc) is 3.32. The van der Waals surface area contributed by atoms with Crippen LogP contribution in [0, 0.1) is 12.8 Å². The van der Waals surface area contributed by atoms with Gasteiger partial charge >= 0.3 is 0 Å². The summed E-state index contributed by atoms with van der Waals surface area (Å²) in [7, 11) is 1.48. The smallest absolute Gasteiger partial charge is 0.274 e. The van der Waals surface area contributed by atoms with Crippen molar-refractivity contribution >= 4 is 34.8 Å². The number of carbonyl (C=O) groups excluding carboxylic acids is 4. The number of rotatable bonds is 14. The van der Waals surface area contributed by atoms with Gasteiger partial charge in [-0.2, -0.15) is 0 Å². The molecule has 1 fully saturated rings. The third kappa shape index (κ3) is 11.0. The molecule has 3 atom stereocenters. The van der Waals surface area contributed by atoms with E-state index in [4.69, 9.17) is 14.0 Å². The van der Waals surface area contributed by atoms with E-state index in [1.54, 1.807) is 17.8 Å². The topological polar surface area (TPSA) is 165 Å². The van der Waals surface area contributed by atoms with Crippen molar-refractivity contribution in [1.82, 2.24) is 26.1 Å². The fourth-order valence-corrected chi connectivity index (χ4v) is 4.58. The minimum atomic E-state index is -1.03. The van der Waals surface area contributed by atoms with Crippen LogP contribution in [0.5, 0.6) is 0 Å². The number of thiazole rings is 1. The second-order valence-electron chi connectivity index (χ2n) is 10.8. The van der Waals surface area contributed by atoms with Gasteiger partial charge in [0.1, 0.15) is 18.2 Å². The van der Waals surface area contributed by atoms with Gasteiger partial charge in [-0.05, 0) is 26.2 Å². The summed E-state index contributed by atoms with van der Waals surface area (Å²) >= 11 is 1.35. The Bertz CT molecular complexity index is 1340. The molecule has 0 saturated carbocycles. The number of nitrogens with one attached hydrogen (secondary N) is 3. The minimum absolute atomic E-state index is 0.0123. The maximum absolute atomic E-state index is 12.9. The Hall–Kier alpha value is -3.94. The lowest BCUT2D eigenvalue weighted by Gasteiger charge is -2.22. The summed E-state index contributed by atoms with van der Waals surface area (Å²) < 4.78 is 15.2. The number of nitrogens with zero attached hydrogens (tertiary/aromatic N) is 2. The lowest BCUT2D eigenvalue weighted by molar-refractivity contribution is -0.131. The van der Waals surface area contributed by atoms with Crippen LogP contribution in [-0.2, 0) is 36.9 Å². The van der Waals surface area contributed by atoms with Gasteiger partial charge in [-0.15, -0.1) is 11.3 Å². The van der Waals surface area contributed by atoms with Gasteiger partial charge in [-0.1, -0.05) is 54.9 Å². The summed E-state index contributed by atoms with van der Waals surface area (Å²) in [5.41, 5.74) is 2.66. The zero-order chi connectivity index (χ0) is 31.4. The predicted molar refractivity (Wildman–Crippen MR) is 159 cm³/mol. The van der Waals surface area contributed by atoms with Crippen LogP contribution >= 0.6 is 11.3 Å². The van der Waals surface area contributed by atoms with E-state index in [9.17, 15) is 19.2 Å². The fourth-order valence-electron chi connectivity index (χ4n) is 4.01. The number of methoxy groups -OCH3 is 1. The van der Waals surface area contributed by atoms with E-state index in [-0.39, 0.29) is 37.0 Å². The van der Waals surface area contributed by atoms with Crippen LogP contribution in [0.15, 0.2) is 51.8 Å². The van der Waals surface area contributed by atoms with Crippen LogP contribution in [0.1, 0.15) is 54.7 Å². The quantitative estimate of drug-likeness (QED) is 0.232. The summed E-state index contributed by atoms with van der Waals surface area (Å²) in [5, 5.41) is 13.3. The van der Waals surface area contributed by atoms with E-state index in [1.807, 2.05) is 32.0 Å². The SMILES string of the molecule is COCc1cc(C(=O)N[C@@H](Cc2cscn2)C(=O)NCC(=O)N[C@@H](CC(C)C)C(=O)C2(C)CO2)no1.Cc1ccccc1. The van der Waals surface area contributed by atoms with Gasteiger partial charge in [0.2, 0.25) is 11.8 Å². The van der Waals surface area contributed by atoms with Crippen LogP contribution in [0.25, 0.3) is 0 Å². The van der Waals surface area contributed by atoms with Crippen LogP contribution in [0.3, 0.4) is 0 Å². The highest BCUT2D eigenvalue weighted by Gasteiger charge is 2.50. The molecule has 1 aliphatic rings. The van der Waals surface area contributed by atoms with E-state index in [0.29, 0.717) is 24.5 Å². The number of epoxide rings is 1. The van der Waals surface area contributed by atoms with Crippen molar-refractivity contribution in [3.8, 4) is 0 Å². The molecule has 3 aromatic rings. The molecule has 1 unspecified atom stereocenters. The zero-order valence-corrected chi connectivity index (χ0v) is 25.9. The second kappa shape index (κ2) is 16.1. The number of ether oxygens (including phenoxy) is 2. The standard InChI is InChI=1S/C23H31N5O7S.C7H8/c1-13(2)5-16(20(30)23(3)11-34-23)26-19(29)8-24-21(31)17(6-14-10-36-12-25-14)27-22(32)18-7-15(9-33-4)35-28-18;1-7-5-3-2-4-6-7/h7,10,12-13,16-17H,5-6,8-9,11H2,1-4H3,(H,24,31)(H,26,29)(H,27,32);2-6H,1H3/t16-,17-,23?;/m0./s1. The first-order valence-corrected chi connectivity index (χ1v) is 14.8. The molecule has 4 rings (SSSR count). The Balaban J connectivity index is 0.000000633. The highest BCUT2D eigenvalue weighted by Crippen LogP contribution is 2.29. The van der Waals surface area contributed by atoms with Gasteiger partial charge in [0.25, 0.3) is 5.91 Å². The molecule has 2 aromatic heterocycles. The number of hydrogen-bond acceptors (Lipinski definition) is 10. The number of amides is 3. The Kier molecular flexibility index (Phi) is 12.5. The van der Waals surface area contributed by atoms with Crippen molar-refractivity contribution in [2.45, 2.75) is 64.8 Å². The molecule has 1 aromatic carbocycles. The van der Waals surface area contributed by atoms with Crippen molar-refractivity contribution in [2.75, 3.05) is 20.3 Å². The minimum Gasteiger partial charge on any atom is -0.377 e. The van der Waals surface area contributed by atoms with Crippen LogP contribution in [-0.4, -0.2) is 71.6 Å². The molecule has 3 N–H and O–H groups in total. The molecule has 1 saturated heterocycles. The van der Waals surface area contributed by atoms with Gasteiger partial charge in [0.15, 0.2) is 17.2 Å². The molecule has 0 spiro atoms. The molecule has 3 amide bonds. The molecular weight excluding hydrogens is 574 g/mol. The number of benzene rings is 1. The van der Waals surface area contributed by atoms with Crippen molar-refractivity contribution in [1.29, 1.82) is 0 Å². The van der Waals surface area contributed by atoms with E-state index in [1.165, 1.54) is 30.1 Å². The summed E-state index contributed by atoms with van der Waals surface area (Å²) in [6.07, 6.45) is 0.554. The highest BCUT2D eigenvalue weighted by molar-refractivity contribution is 7.07. The first-order valence-electron chi connectivity index (χ1n) is 13.9. The number of aromatic nitrogens is 2. The van der Waals surface area contributed by atoms with Gasteiger partial charge in [-0.3, -0.25) is 19.2 Å². The predicted octanol–water partition coefficient (Wildman–Crippen LogP) is 2.62. The molecule has 13 heteroatoms. The maximum atomic E-state index is 12.9. The molecule has 12 nitrogen and oxygen atoms in total. The largest absolute Gasteiger partial charge is 0.377 e. The number of aryl methyl sites for hydroxylation is 1.